The zero-order valence-corrected chi connectivity index (χ0v) is 8.61. The van der Waals surface area contributed by atoms with Crippen LogP contribution < -0.4 is 10.6 Å². The first kappa shape index (κ1) is 9.46. The Labute approximate surface area is 84.9 Å². The largest absolute Gasteiger partial charge is 0.367 e. The van der Waals surface area contributed by atoms with E-state index < -0.39 is 0 Å². The second-order valence-corrected chi connectivity index (χ2v) is 3.73. The number of hydrogen-bond donors (Lipinski definition) is 1. The topological polar surface area (TPSA) is 42.2 Å². The van der Waals surface area contributed by atoms with Gasteiger partial charge in [0.05, 0.1) is 11.9 Å². The summed E-state index contributed by atoms with van der Waals surface area (Å²) in [7, 11) is 0. The van der Waals surface area contributed by atoms with E-state index in [-0.39, 0.29) is 0 Å². The quantitative estimate of drug-likeness (QED) is 0.784. The lowest BCUT2D eigenvalue weighted by atomic mass is 10.2. The Kier molecular flexibility index (Phi) is 2.68. The van der Waals surface area contributed by atoms with Crippen LogP contribution in [0.1, 0.15) is 25.3 Å². The molecule has 1 aliphatic rings. The highest BCUT2D eigenvalue weighted by molar-refractivity contribution is 5.53. The van der Waals surface area contributed by atoms with Crippen molar-refractivity contribution in [3.8, 4) is 0 Å². The minimum Gasteiger partial charge on any atom is -0.367 e. The summed E-state index contributed by atoms with van der Waals surface area (Å²) in [6, 6.07) is 2.75. The molecule has 1 aromatic heterocycles. The van der Waals surface area contributed by atoms with Crippen molar-refractivity contribution >= 4 is 5.69 Å². The van der Waals surface area contributed by atoms with Gasteiger partial charge in [0, 0.05) is 25.3 Å². The smallest absolute Gasteiger partial charge is 0.0600 e. The van der Waals surface area contributed by atoms with Gasteiger partial charge in [0.25, 0.3) is 0 Å². The minimum atomic E-state index is 0.598. The zero-order valence-electron chi connectivity index (χ0n) is 8.61. The van der Waals surface area contributed by atoms with Gasteiger partial charge in [0.15, 0.2) is 0 Å². The van der Waals surface area contributed by atoms with E-state index in [9.17, 15) is 0 Å². The first-order valence-electron chi connectivity index (χ1n) is 5.26. The molecule has 2 N–H and O–H groups in total. The number of anilines is 1. The number of pyridine rings is 1. The fourth-order valence-electron chi connectivity index (χ4n) is 1.86. The van der Waals surface area contributed by atoms with Gasteiger partial charge in [-0.2, -0.15) is 0 Å². The molecule has 0 unspecified atom stereocenters. The van der Waals surface area contributed by atoms with Crippen molar-refractivity contribution < 1.29 is 0 Å². The van der Waals surface area contributed by atoms with Gasteiger partial charge in [-0.15, -0.1) is 0 Å². The Hall–Kier alpha value is -1.09. The average Bonchev–Trinajstić information content (AvgIpc) is 3.04. The number of aromatic nitrogens is 1. The predicted molar refractivity (Wildman–Crippen MR) is 58.2 cm³/mol. The van der Waals surface area contributed by atoms with Crippen molar-refractivity contribution in [2.45, 2.75) is 32.4 Å². The number of nitrogens with two attached hydrogens (primary N) is 1. The molecule has 0 aliphatic heterocycles. The lowest BCUT2D eigenvalue weighted by Gasteiger charge is -2.24. The predicted octanol–water partition coefficient (Wildman–Crippen LogP) is 1.53. The molecule has 3 nitrogen and oxygen atoms in total. The molecule has 0 saturated heterocycles. The molecular weight excluding hydrogens is 174 g/mol. The van der Waals surface area contributed by atoms with Crippen LogP contribution in [0.25, 0.3) is 0 Å². The summed E-state index contributed by atoms with van der Waals surface area (Å²) in [6.07, 6.45) is 6.37. The molecule has 1 aliphatic carbocycles. The van der Waals surface area contributed by atoms with Gasteiger partial charge in [-0.3, -0.25) is 4.98 Å². The molecule has 3 heteroatoms. The first-order valence-corrected chi connectivity index (χ1v) is 5.26. The van der Waals surface area contributed by atoms with Gasteiger partial charge in [0.1, 0.15) is 0 Å². The maximum Gasteiger partial charge on any atom is 0.0600 e. The van der Waals surface area contributed by atoms with Crippen LogP contribution in [0.15, 0.2) is 18.5 Å². The van der Waals surface area contributed by atoms with Gasteiger partial charge < -0.3 is 10.6 Å². The summed E-state index contributed by atoms with van der Waals surface area (Å²) in [5.41, 5.74) is 8.13. The molecule has 0 radical (unpaired) electrons. The van der Waals surface area contributed by atoms with Gasteiger partial charge in [-0.05, 0) is 31.4 Å². The van der Waals surface area contributed by atoms with E-state index in [1.54, 1.807) is 0 Å². The minimum absolute atomic E-state index is 0.598. The SMILES string of the molecule is CCN(c1cnccc1CN)C1CC1. The van der Waals surface area contributed by atoms with Crippen molar-refractivity contribution in [1.82, 2.24) is 4.98 Å². The van der Waals surface area contributed by atoms with Gasteiger partial charge in [-0.25, -0.2) is 0 Å². The Balaban J connectivity index is 2.27. The second kappa shape index (κ2) is 3.96. The van der Waals surface area contributed by atoms with Crippen molar-refractivity contribution in [2.24, 2.45) is 5.73 Å². The lowest BCUT2D eigenvalue weighted by molar-refractivity contribution is 0.812. The Morgan fingerprint density at radius 2 is 2.36 bits per heavy atom. The summed E-state index contributed by atoms with van der Waals surface area (Å²) in [5.74, 6) is 0. The number of hydrogen-bond acceptors (Lipinski definition) is 3. The van der Waals surface area contributed by atoms with Crippen LogP contribution in [0.4, 0.5) is 5.69 Å². The van der Waals surface area contributed by atoms with Crippen molar-refractivity contribution in [3.05, 3.63) is 24.0 Å². The third-order valence-corrected chi connectivity index (χ3v) is 2.75. The summed E-state index contributed by atoms with van der Waals surface area (Å²) in [5, 5.41) is 0. The monoisotopic (exact) mass is 191 g/mol. The fraction of sp³-hybridized carbons (Fsp3) is 0.545. The third-order valence-electron chi connectivity index (χ3n) is 2.75. The van der Waals surface area contributed by atoms with Crippen LogP contribution in [-0.2, 0) is 6.54 Å². The molecule has 1 aromatic rings. The van der Waals surface area contributed by atoms with Crippen LogP contribution in [0.3, 0.4) is 0 Å². The van der Waals surface area contributed by atoms with Crippen molar-refractivity contribution in [1.29, 1.82) is 0 Å². The lowest BCUT2D eigenvalue weighted by Crippen LogP contribution is -2.26. The van der Waals surface area contributed by atoms with Crippen LogP contribution in [0.2, 0.25) is 0 Å². The van der Waals surface area contributed by atoms with Crippen LogP contribution in [-0.4, -0.2) is 17.6 Å². The summed E-state index contributed by atoms with van der Waals surface area (Å²) >= 11 is 0. The Morgan fingerprint density at radius 1 is 1.57 bits per heavy atom. The third kappa shape index (κ3) is 1.73. The maximum absolute atomic E-state index is 5.71. The first-order chi connectivity index (χ1) is 6.86. The highest BCUT2D eigenvalue weighted by atomic mass is 15.2. The normalized spacial score (nSPS) is 15.6. The van der Waals surface area contributed by atoms with E-state index in [2.05, 4.69) is 16.8 Å². The van der Waals surface area contributed by atoms with E-state index in [0.717, 1.165) is 12.6 Å². The highest BCUT2D eigenvalue weighted by Gasteiger charge is 2.29. The average molecular weight is 191 g/mol. The maximum atomic E-state index is 5.71. The Bertz CT molecular complexity index is 307. The molecule has 1 fully saturated rings. The van der Waals surface area contributed by atoms with E-state index in [4.69, 9.17) is 5.73 Å². The Morgan fingerprint density at radius 3 is 2.93 bits per heavy atom. The zero-order chi connectivity index (χ0) is 9.97. The summed E-state index contributed by atoms with van der Waals surface area (Å²) in [4.78, 5) is 6.59. The molecule has 0 amide bonds. The standard InChI is InChI=1S/C11H17N3/c1-2-14(10-3-4-10)11-8-13-6-5-9(11)7-12/h5-6,8,10H,2-4,7,12H2,1H3. The van der Waals surface area contributed by atoms with E-state index in [0.29, 0.717) is 6.54 Å². The molecule has 1 saturated carbocycles. The van der Waals surface area contributed by atoms with E-state index >= 15 is 0 Å². The molecule has 2 rings (SSSR count). The molecule has 0 bridgehead atoms. The van der Waals surface area contributed by atoms with Gasteiger partial charge in [0.2, 0.25) is 0 Å². The van der Waals surface area contributed by atoms with Gasteiger partial charge in [-0.1, -0.05) is 0 Å². The molecule has 14 heavy (non-hydrogen) atoms. The molecule has 0 spiro atoms. The number of nitrogens with zero attached hydrogens (tertiary/aromatic N) is 2. The van der Waals surface area contributed by atoms with Crippen molar-refractivity contribution in [2.75, 3.05) is 11.4 Å². The number of rotatable bonds is 4. The van der Waals surface area contributed by atoms with Crippen LogP contribution in [0.5, 0.6) is 0 Å². The molecule has 76 valence electrons. The van der Waals surface area contributed by atoms with Crippen LogP contribution in [0, 0.1) is 0 Å². The molecule has 1 heterocycles. The molecule has 0 aromatic carbocycles. The van der Waals surface area contributed by atoms with E-state index in [1.165, 1.54) is 24.1 Å². The van der Waals surface area contributed by atoms with Crippen molar-refractivity contribution in [3.63, 3.8) is 0 Å². The summed E-state index contributed by atoms with van der Waals surface area (Å²) in [6.45, 7) is 3.83. The van der Waals surface area contributed by atoms with E-state index in [1.807, 2.05) is 18.5 Å². The van der Waals surface area contributed by atoms with Crippen LogP contribution >= 0.6 is 0 Å². The molecular formula is C11H17N3. The van der Waals surface area contributed by atoms with Gasteiger partial charge >= 0.3 is 0 Å². The fourth-order valence-corrected chi connectivity index (χ4v) is 1.86. The molecule has 0 atom stereocenters. The second-order valence-electron chi connectivity index (χ2n) is 3.73. The highest BCUT2D eigenvalue weighted by Crippen LogP contribution is 2.32. The summed E-state index contributed by atoms with van der Waals surface area (Å²) < 4.78 is 0.